The summed E-state index contributed by atoms with van der Waals surface area (Å²) in [7, 11) is 1.64. The lowest BCUT2D eigenvalue weighted by Gasteiger charge is -2.12. The van der Waals surface area contributed by atoms with E-state index >= 15 is 0 Å². The number of carbonyl (C=O) groups is 1. The number of thioether (sulfide) groups is 1. The van der Waals surface area contributed by atoms with Gasteiger partial charge in [0.05, 0.1) is 12.6 Å². The van der Waals surface area contributed by atoms with Crippen molar-refractivity contribution in [3.8, 4) is 5.75 Å². The van der Waals surface area contributed by atoms with Crippen molar-refractivity contribution in [3.05, 3.63) is 29.8 Å². The highest BCUT2D eigenvalue weighted by Gasteiger charge is 2.12. The molecule has 118 valence electrons. The molecule has 1 atom stereocenters. The first-order chi connectivity index (χ1) is 10.2. The molecule has 1 aromatic carbocycles. The molecule has 0 radical (unpaired) electrons. The van der Waals surface area contributed by atoms with Crippen LogP contribution in [0, 0.1) is 0 Å². The van der Waals surface area contributed by atoms with E-state index in [4.69, 9.17) is 15.2 Å². The Morgan fingerprint density at radius 2 is 2.05 bits per heavy atom. The Morgan fingerprint density at radius 1 is 1.33 bits per heavy atom. The highest BCUT2D eigenvalue weighted by molar-refractivity contribution is 7.98. The monoisotopic (exact) mass is 312 g/mol. The summed E-state index contributed by atoms with van der Waals surface area (Å²) in [6, 6.07) is 7.18. The van der Waals surface area contributed by atoms with E-state index in [-0.39, 0.29) is 5.91 Å². The first-order valence-electron chi connectivity index (χ1n) is 6.90. The summed E-state index contributed by atoms with van der Waals surface area (Å²) in [5, 5.41) is 2.85. The van der Waals surface area contributed by atoms with Crippen LogP contribution in [0.4, 0.5) is 0 Å². The molecule has 0 heterocycles. The average Bonchev–Trinajstić information content (AvgIpc) is 2.51. The number of amides is 1. The summed E-state index contributed by atoms with van der Waals surface area (Å²) >= 11 is 1.69. The van der Waals surface area contributed by atoms with Crippen LogP contribution in [0.5, 0.6) is 5.75 Å². The molecule has 0 fully saturated rings. The number of ether oxygens (including phenoxy) is 2. The van der Waals surface area contributed by atoms with Crippen LogP contribution in [-0.2, 0) is 16.1 Å². The van der Waals surface area contributed by atoms with E-state index in [1.807, 2.05) is 30.5 Å². The van der Waals surface area contributed by atoms with Crippen LogP contribution < -0.4 is 15.8 Å². The molecule has 0 saturated carbocycles. The molecule has 6 heteroatoms. The van der Waals surface area contributed by atoms with Gasteiger partial charge in [-0.25, -0.2) is 0 Å². The average molecular weight is 312 g/mol. The maximum absolute atomic E-state index is 11.8. The zero-order valence-electron chi connectivity index (χ0n) is 12.6. The molecule has 0 unspecified atom stereocenters. The Hall–Kier alpha value is -1.24. The molecule has 3 N–H and O–H groups in total. The molecule has 0 aliphatic heterocycles. The SMILES string of the molecule is COCCOc1ccc(CNC(=O)[C@@H](N)CCSC)cc1. The Bertz CT molecular complexity index is 412. The molecule has 0 bridgehead atoms. The number of carbonyl (C=O) groups excluding carboxylic acids is 1. The van der Waals surface area contributed by atoms with Gasteiger partial charge in [-0.05, 0) is 36.1 Å². The minimum atomic E-state index is -0.436. The fourth-order valence-corrected chi connectivity index (χ4v) is 2.13. The molecule has 0 aliphatic carbocycles. The zero-order valence-corrected chi connectivity index (χ0v) is 13.4. The largest absolute Gasteiger partial charge is 0.491 e. The summed E-state index contributed by atoms with van der Waals surface area (Å²) in [5.41, 5.74) is 6.82. The van der Waals surface area contributed by atoms with Crippen LogP contribution >= 0.6 is 11.8 Å². The van der Waals surface area contributed by atoms with Gasteiger partial charge in [0.15, 0.2) is 0 Å². The predicted octanol–water partition coefficient (Wildman–Crippen LogP) is 1.41. The fraction of sp³-hybridized carbons (Fsp3) is 0.533. The minimum absolute atomic E-state index is 0.107. The van der Waals surface area contributed by atoms with Crippen molar-refractivity contribution in [1.82, 2.24) is 5.32 Å². The third kappa shape index (κ3) is 7.36. The van der Waals surface area contributed by atoms with Crippen LogP contribution in [-0.4, -0.2) is 44.3 Å². The fourth-order valence-electron chi connectivity index (χ4n) is 1.64. The smallest absolute Gasteiger partial charge is 0.237 e. The normalized spacial score (nSPS) is 12.0. The number of hydrogen-bond donors (Lipinski definition) is 2. The minimum Gasteiger partial charge on any atom is -0.491 e. The van der Waals surface area contributed by atoms with Crippen molar-refractivity contribution in [1.29, 1.82) is 0 Å². The van der Waals surface area contributed by atoms with Crippen LogP contribution in [0.15, 0.2) is 24.3 Å². The van der Waals surface area contributed by atoms with Gasteiger partial charge in [0.25, 0.3) is 0 Å². The lowest BCUT2D eigenvalue weighted by atomic mass is 10.2. The summed E-state index contributed by atoms with van der Waals surface area (Å²) < 4.78 is 10.4. The van der Waals surface area contributed by atoms with Gasteiger partial charge in [0.2, 0.25) is 5.91 Å². The van der Waals surface area contributed by atoms with Gasteiger partial charge in [-0.15, -0.1) is 0 Å². The van der Waals surface area contributed by atoms with Crippen molar-refractivity contribution in [2.75, 3.05) is 32.3 Å². The molecule has 0 saturated heterocycles. The molecule has 1 amide bonds. The van der Waals surface area contributed by atoms with Crippen molar-refractivity contribution >= 4 is 17.7 Å². The van der Waals surface area contributed by atoms with Gasteiger partial charge in [0.1, 0.15) is 12.4 Å². The first kappa shape index (κ1) is 17.8. The second-order valence-electron chi connectivity index (χ2n) is 4.59. The van der Waals surface area contributed by atoms with Gasteiger partial charge in [-0.3, -0.25) is 4.79 Å². The van der Waals surface area contributed by atoms with Gasteiger partial charge in [-0.1, -0.05) is 12.1 Å². The quantitative estimate of drug-likeness (QED) is 0.639. The third-order valence-corrected chi connectivity index (χ3v) is 3.56. The van der Waals surface area contributed by atoms with E-state index in [0.717, 1.165) is 17.1 Å². The van der Waals surface area contributed by atoms with Crippen LogP contribution in [0.25, 0.3) is 0 Å². The highest BCUT2D eigenvalue weighted by atomic mass is 32.2. The van der Waals surface area contributed by atoms with Crippen molar-refractivity contribution in [2.45, 2.75) is 19.0 Å². The van der Waals surface area contributed by atoms with E-state index in [0.29, 0.717) is 26.2 Å². The first-order valence-corrected chi connectivity index (χ1v) is 8.29. The van der Waals surface area contributed by atoms with E-state index in [9.17, 15) is 4.79 Å². The van der Waals surface area contributed by atoms with E-state index in [2.05, 4.69) is 5.32 Å². The third-order valence-electron chi connectivity index (χ3n) is 2.92. The molecular weight excluding hydrogens is 288 g/mol. The van der Waals surface area contributed by atoms with E-state index in [1.165, 1.54) is 0 Å². The topological polar surface area (TPSA) is 73.6 Å². The molecule has 21 heavy (non-hydrogen) atoms. The van der Waals surface area contributed by atoms with Crippen LogP contribution in [0.1, 0.15) is 12.0 Å². The Balaban J connectivity index is 2.33. The molecule has 0 aromatic heterocycles. The molecular formula is C15H24N2O3S. The van der Waals surface area contributed by atoms with Crippen molar-refractivity contribution in [3.63, 3.8) is 0 Å². The number of hydrogen-bond acceptors (Lipinski definition) is 5. The molecule has 0 aliphatic rings. The highest BCUT2D eigenvalue weighted by Crippen LogP contribution is 2.12. The number of nitrogens with two attached hydrogens (primary N) is 1. The van der Waals surface area contributed by atoms with Crippen LogP contribution in [0.2, 0.25) is 0 Å². The van der Waals surface area contributed by atoms with Gasteiger partial charge < -0.3 is 20.5 Å². The van der Waals surface area contributed by atoms with Gasteiger partial charge in [-0.2, -0.15) is 11.8 Å². The Labute approximate surface area is 130 Å². The number of rotatable bonds is 10. The van der Waals surface area contributed by atoms with Crippen molar-refractivity contribution < 1.29 is 14.3 Å². The lowest BCUT2D eigenvalue weighted by molar-refractivity contribution is -0.122. The lowest BCUT2D eigenvalue weighted by Crippen LogP contribution is -2.40. The standard InChI is InChI=1S/C15H24N2O3S/c1-19-8-9-20-13-5-3-12(4-6-13)11-17-15(18)14(16)7-10-21-2/h3-6,14H,7-11,16H2,1-2H3,(H,17,18)/t14-/m0/s1. The number of methoxy groups -OCH3 is 1. The summed E-state index contributed by atoms with van der Waals surface area (Å²) in [4.78, 5) is 11.8. The maximum atomic E-state index is 11.8. The molecule has 5 nitrogen and oxygen atoms in total. The molecule has 1 rings (SSSR count). The van der Waals surface area contributed by atoms with Crippen LogP contribution in [0.3, 0.4) is 0 Å². The summed E-state index contributed by atoms with van der Waals surface area (Å²) in [6.45, 7) is 1.56. The summed E-state index contributed by atoms with van der Waals surface area (Å²) in [6.07, 6.45) is 2.69. The van der Waals surface area contributed by atoms with E-state index in [1.54, 1.807) is 18.9 Å². The van der Waals surface area contributed by atoms with E-state index < -0.39 is 6.04 Å². The second kappa shape index (κ2) is 10.5. The second-order valence-corrected chi connectivity index (χ2v) is 5.58. The molecule has 0 spiro atoms. The Morgan fingerprint density at radius 3 is 2.67 bits per heavy atom. The Kier molecular flexibility index (Phi) is 8.89. The zero-order chi connectivity index (χ0) is 15.5. The predicted molar refractivity (Wildman–Crippen MR) is 86.6 cm³/mol. The number of nitrogens with one attached hydrogen (secondary N) is 1. The maximum Gasteiger partial charge on any atom is 0.237 e. The van der Waals surface area contributed by atoms with Gasteiger partial charge in [0, 0.05) is 13.7 Å². The van der Waals surface area contributed by atoms with Crippen molar-refractivity contribution in [2.24, 2.45) is 5.73 Å². The molecule has 1 aromatic rings. The number of benzene rings is 1. The summed E-state index contributed by atoms with van der Waals surface area (Å²) in [5.74, 6) is 1.57. The van der Waals surface area contributed by atoms with Gasteiger partial charge >= 0.3 is 0 Å².